The van der Waals surface area contributed by atoms with Gasteiger partial charge in [-0.15, -0.1) is 0 Å². The first-order valence-corrected chi connectivity index (χ1v) is 8.98. The summed E-state index contributed by atoms with van der Waals surface area (Å²) < 4.78 is 5.86. The summed E-state index contributed by atoms with van der Waals surface area (Å²) in [5.41, 5.74) is 3.79. The fraction of sp³-hybridized carbons (Fsp3) is 0.429. The first-order chi connectivity index (χ1) is 11.8. The lowest BCUT2D eigenvalue weighted by molar-refractivity contribution is 0.306. The summed E-state index contributed by atoms with van der Waals surface area (Å²) in [4.78, 5) is 0. The van der Waals surface area contributed by atoms with Gasteiger partial charge in [-0.05, 0) is 68.6 Å². The van der Waals surface area contributed by atoms with Gasteiger partial charge in [-0.2, -0.15) is 0 Å². The smallest absolute Gasteiger partial charge is 0.119 e. The normalized spacial score (nSPS) is 15.4. The fourth-order valence-electron chi connectivity index (χ4n) is 3.06. The third kappa shape index (κ3) is 5.36. The van der Waals surface area contributed by atoms with E-state index >= 15 is 0 Å². The van der Waals surface area contributed by atoms with Crippen LogP contribution < -0.4 is 15.4 Å². The van der Waals surface area contributed by atoms with E-state index in [-0.39, 0.29) is 0 Å². The zero-order chi connectivity index (χ0) is 16.6. The SMILES string of the molecule is Cc1ccc(COc2ccc(CNCC3CCNCC3)cc2)cc1. The van der Waals surface area contributed by atoms with Gasteiger partial charge in [-0.3, -0.25) is 0 Å². The van der Waals surface area contributed by atoms with Crippen molar-refractivity contribution in [1.82, 2.24) is 10.6 Å². The molecule has 0 bridgehead atoms. The quantitative estimate of drug-likeness (QED) is 0.815. The Kier molecular flexibility index (Phi) is 6.27. The van der Waals surface area contributed by atoms with E-state index in [4.69, 9.17) is 4.74 Å². The van der Waals surface area contributed by atoms with Crippen molar-refractivity contribution in [2.45, 2.75) is 32.9 Å². The number of nitrogens with one attached hydrogen (secondary N) is 2. The Balaban J connectivity index is 1.40. The third-order valence-corrected chi connectivity index (χ3v) is 4.67. The topological polar surface area (TPSA) is 33.3 Å². The molecule has 1 heterocycles. The molecule has 3 heteroatoms. The van der Waals surface area contributed by atoms with E-state index in [1.165, 1.54) is 42.6 Å². The van der Waals surface area contributed by atoms with Gasteiger partial charge in [0.15, 0.2) is 0 Å². The van der Waals surface area contributed by atoms with E-state index in [1.807, 2.05) is 0 Å². The lowest BCUT2D eigenvalue weighted by Gasteiger charge is -2.22. The van der Waals surface area contributed by atoms with Crippen molar-refractivity contribution in [3.05, 3.63) is 65.2 Å². The van der Waals surface area contributed by atoms with E-state index in [1.54, 1.807) is 0 Å². The highest BCUT2D eigenvalue weighted by atomic mass is 16.5. The Bertz CT molecular complexity index is 601. The summed E-state index contributed by atoms with van der Waals surface area (Å²) in [6.07, 6.45) is 2.58. The van der Waals surface area contributed by atoms with Crippen LogP contribution in [-0.4, -0.2) is 19.6 Å². The van der Waals surface area contributed by atoms with E-state index in [0.29, 0.717) is 6.61 Å². The van der Waals surface area contributed by atoms with Crippen LogP contribution in [0.15, 0.2) is 48.5 Å². The molecule has 3 rings (SSSR count). The minimum atomic E-state index is 0.619. The molecule has 3 nitrogen and oxygen atoms in total. The second-order valence-corrected chi connectivity index (χ2v) is 6.74. The number of ether oxygens (including phenoxy) is 1. The molecule has 2 aromatic carbocycles. The number of piperidine rings is 1. The molecule has 2 N–H and O–H groups in total. The molecule has 0 saturated carbocycles. The highest BCUT2D eigenvalue weighted by Crippen LogP contribution is 2.15. The first kappa shape index (κ1) is 17.0. The van der Waals surface area contributed by atoms with Crippen molar-refractivity contribution in [3.8, 4) is 5.75 Å². The van der Waals surface area contributed by atoms with Gasteiger partial charge in [0.2, 0.25) is 0 Å². The summed E-state index contributed by atoms with van der Waals surface area (Å²) in [6, 6.07) is 16.9. The van der Waals surface area contributed by atoms with Gasteiger partial charge < -0.3 is 15.4 Å². The largest absolute Gasteiger partial charge is 0.489 e. The van der Waals surface area contributed by atoms with Crippen molar-refractivity contribution in [2.24, 2.45) is 5.92 Å². The minimum Gasteiger partial charge on any atom is -0.489 e. The Morgan fingerprint density at radius 1 is 0.958 bits per heavy atom. The minimum absolute atomic E-state index is 0.619. The molecule has 128 valence electrons. The number of benzene rings is 2. The number of aryl methyl sites for hydroxylation is 1. The van der Waals surface area contributed by atoms with Gasteiger partial charge in [0.05, 0.1) is 0 Å². The van der Waals surface area contributed by atoms with Crippen LogP contribution >= 0.6 is 0 Å². The van der Waals surface area contributed by atoms with Crippen LogP contribution in [0.25, 0.3) is 0 Å². The van der Waals surface area contributed by atoms with Crippen LogP contribution in [0, 0.1) is 12.8 Å². The number of rotatable bonds is 7. The van der Waals surface area contributed by atoms with E-state index in [0.717, 1.165) is 24.8 Å². The summed E-state index contributed by atoms with van der Waals surface area (Å²) in [6.45, 7) is 7.10. The van der Waals surface area contributed by atoms with Gasteiger partial charge in [-0.25, -0.2) is 0 Å². The van der Waals surface area contributed by atoms with Crippen LogP contribution in [0.3, 0.4) is 0 Å². The van der Waals surface area contributed by atoms with Gasteiger partial charge in [0.25, 0.3) is 0 Å². The maximum absolute atomic E-state index is 5.86. The lowest BCUT2D eigenvalue weighted by atomic mass is 9.98. The van der Waals surface area contributed by atoms with Crippen LogP contribution in [0.2, 0.25) is 0 Å². The molecule has 0 aliphatic carbocycles. The summed E-state index contributed by atoms with van der Waals surface area (Å²) in [7, 11) is 0. The monoisotopic (exact) mass is 324 g/mol. The Morgan fingerprint density at radius 3 is 2.33 bits per heavy atom. The average molecular weight is 324 g/mol. The second-order valence-electron chi connectivity index (χ2n) is 6.74. The highest BCUT2D eigenvalue weighted by molar-refractivity contribution is 5.28. The van der Waals surface area contributed by atoms with Crippen LogP contribution in [-0.2, 0) is 13.2 Å². The highest BCUT2D eigenvalue weighted by Gasteiger charge is 2.11. The summed E-state index contributed by atoms with van der Waals surface area (Å²) >= 11 is 0. The summed E-state index contributed by atoms with van der Waals surface area (Å²) in [5.74, 6) is 1.75. The zero-order valence-electron chi connectivity index (χ0n) is 14.6. The molecular formula is C21H28N2O. The zero-order valence-corrected chi connectivity index (χ0v) is 14.6. The predicted molar refractivity (Wildman–Crippen MR) is 99.3 cm³/mol. The first-order valence-electron chi connectivity index (χ1n) is 8.98. The molecule has 1 fully saturated rings. The van der Waals surface area contributed by atoms with Gasteiger partial charge in [0, 0.05) is 6.54 Å². The standard InChI is InChI=1S/C21H28N2O/c1-17-2-4-20(5-3-17)16-24-21-8-6-18(7-9-21)14-23-15-19-10-12-22-13-11-19/h2-9,19,22-23H,10-16H2,1H3. The van der Waals surface area contributed by atoms with E-state index < -0.39 is 0 Å². The molecule has 0 unspecified atom stereocenters. The predicted octanol–water partition coefficient (Wildman–Crippen LogP) is 3.66. The Labute approximate surface area is 145 Å². The van der Waals surface area contributed by atoms with Crippen molar-refractivity contribution in [3.63, 3.8) is 0 Å². The number of hydrogen-bond donors (Lipinski definition) is 2. The molecule has 1 saturated heterocycles. The molecule has 0 amide bonds. The van der Waals surface area contributed by atoms with Gasteiger partial charge in [0.1, 0.15) is 12.4 Å². The Morgan fingerprint density at radius 2 is 1.62 bits per heavy atom. The van der Waals surface area contributed by atoms with Gasteiger partial charge in [-0.1, -0.05) is 42.0 Å². The summed E-state index contributed by atoms with van der Waals surface area (Å²) in [5, 5.41) is 7.00. The van der Waals surface area contributed by atoms with Crippen molar-refractivity contribution >= 4 is 0 Å². The molecular weight excluding hydrogens is 296 g/mol. The molecule has 24 heavy (non-hydrogen) atoms. The molecule has 0 atom stereocenters. The lowest BCUT2D eigenvalue weighted by Crippen LogP contribution is -2.33. The fourth-order valence-corrected chi connectivity index (χ4v) is 3.06. The molecule has 0 radical (unpaired) electrons. The second kappa shape index (κ2) is 8.86. The molecule has 0 spiro atoms. The Hall–Kier alpha value is -1.84. The van der Waals surface area contributed by atoms with Crippen LogP contribution in [0.1, 0.15) is 29.5 Å². The van der Waals surface area contributed by atoms with Crippen LogP contribution in [0.5, 0.6) is 5.75 Å². The van der Waals surface area contributed by atoms with Crippen molar-refractivity contribution in [2.75, 3.05) is 19.6 Å². The molecule has 1 aliphatic rings. The maximum Gasteiger partial charge on any atom is 0.119 e. The molecule has 0 aromatic heterocycles. The maximum atomic E-state index is 5.86. The van der Waals surface area contributed by atoms with Gasteiger partial charge >= 0.3 is 0 Å². The average Bonchev–Trinajstić information content (AvgIpc) is 2.63. The van der Waals surface area contributed by atoms with Crippen LogP contribution in [0.4, 0.5) is 0 Å². The van der Waals surface area contributed by atoms with E-state index in [2.05, 4.69) is 66.1 Å². The molecule has 2 aromatic rings. The number of hydrogen-bond acceptors (Lipinski definition) is 3. The molecule has 1 aliphatic heterocycles. The third-order valence-electron chi connectivity index (χ3n) is 4.67. The van der Waals surface area contributed by atoms with Crippen molar-refractivity contribution < 1.29 is 4.74 Å². The van der Waals surface area contributed by atoms with Crippen molar-refractivity contribution in [1.29, 1.82) is 0 Å². The van der Waals surface area contributed by atoms with E-state index in [9.17, 15) is 0 Å².